The van der Waals surface area contributed by atoms with Crippen LogP contribution in [-0.2, 0) is 12.7 Å². The monoisotopic (exact) mass is 441 g/mol. The third-order valence-electron chi connectivity index (χ3n) is 4.09. The molecule has 2 rings (SSSR count). The van der Waals surface area contributed by atoms with Crippen molar-refractivity contribution in [2.45, 2.75) is 40.4 Å². The number of benzene rings is 1. The highest BCUT2D eigenvalue weighted by Crippen LogP contribution is 2.30. The quantitative estimate of drug-likeness (QED) is 0.637. The van der Waals surface area contributed by atoms with Gasteiger partial charge in [0.25, 0.3) is 11.8 Å². The molecule has 1 aromatic carbocycles. The second kappa shape index (κ2) is 10.1. The van der Waals surface area contributed by atoms with Crippen molar-refractivity contribution in [1.29, 1.82) is 0 Å². The van der Waals surface area contributed by atoms with Crippen molar-refractivity contribution in [2.75, 3.05) is 13.1 Å². The van der Waals surface area contributed by atoms with Crippen LogP contribution in [0.5, 0.6) is 0 Å². The minimum atomic E-state index is -4.52. The lowest BCUT2D eigenvalue weighted by molar-refractivity contribution is -0.137. The molecule has 1 heterocycles. The van der Waals surface area contributed by atoms with E-state index in [1.54, 1.807) is 5.38 Å². The van der Waals surface area contributed by atoms with Gasteiger partial charge < -0.3 is 10.2 Å². The van der Waals surface area contributed by atoms with Gasteiger partial charge in [0, 0.05) is 24.0 Å². The Balaban J connectivity index is 2.19. The summed E-state index contributed by atoms with van der Waals surface area (Å²) in [6, 6.07) is 4.40. The molecule has 0 aliphatic heterocycles. The SMILES string of the molecule is CC(C)CNC(=O)c1csc(CN(CC(C)C)C(=O)c2cccc(C(F)(F)F)c2)n1. The second-order valence-corrected chi connectivity index (χ2v) is 8.83. The van der Waals surface area contributed by atoms with Crippen molar-refractivity contribution >= 4 is 23.2 Å². The van der Waals surface area contributed by atoms with Crippen LogP contribution in [0, 0.1) is 11.8 Å². The van der Waals surface area contributed by atoms with Gasteiger partial charge in [-0.1, -0.05) is 33.8 Å². The molecule has 0 spiro atoms. The van der Waals surface area contributed by atoms with Gasteiger partial charge in [-0.05, 0) is 30.0 Å². The fraction of sp³-hybridized carbons (Fsp3) is 0.476. The molecule has 0 aliphatic carbocycles. The van der Waals surface area contributed by atoms with Crippen molar-refractivity contribution in [3.8, 4) is 0 Å². The van der Waals surface area contributed by atoms with Crippen molar-refractivity contribution in [1.82, 2.24) is 15.2 Å². The van der Waals surface area contributed by atoms with Gasteiger partial charge >= 0.3 is 6.18 Å². The summed E-state index contributed by atoms with van der Waals surface area (Å²) in [6.45, 7) is 8.79. The van der Waals surface area contributed by atoms with Gasteiger partial charge in [0.15, 0.2) is 0 Å². The van der Waals surface area contributed by atoms with Gasteiger partial charge in [-0.15, -0.1) is 11.3 Å². The van der Waals surface area contributed by atoms with E-state index in [9.17, 15) is 22.8 Å². The topological polar surface area (TPSA) is 62.3 Å². The second-order valence-electron chi connectivity index (χ2n) is 7.89. The first-order chi connectivity index (χ1) is 14.0. The number of carbonyl (C=O) groups is 2. The summed E-state index contributed by atoms with van der Waals surface area (Å²) in [6.07, 6.45) is -4.52. The number of carbonyl (C=O) groups excluding carboxylic acids is 2. The zero-order valence-electron chi connectivity index (χ0n) is 17.4. The van der Waals surface area contributed by atoms with E-state index in [0.29, 0.717) is 24.0 Å². The fourth-order valence-corrected chi connectivity index (χ4v) is 3.50. The smallest absolute Gasteiger partial charge is 0.350 e. The first kappa shape index (κ1) is 23.9. The highest BCUT2D eigenvalue weighted by molar-refractivity contribution is 7.09. The van der Waals surface area contributed by atoms with Crippen LogP contribution in [0.25, 0.3) is 0 Å². The maximum absolute atomic E-state index is 13.0. The van der Waals surface area contributed by atoms with Gasteiger partial charge in [-0.2, -0.15) is 13.2 Å². The molecule has 0 aliphatic rings. The number of aromatic nitrogens is 1. The van der Waals surface area contributed by atoms with Crippen LogP contribution < -0.4 is 5.32 Å². The molecule has 2 aromatic rings. The van der Waals surface area contributed by atoms with Crippen LogP contribution in [0.3, 0.4) is 0 Å². The van der Waals surface area contributed by atoms with Crippen LogP contribution >= 0.6 is 11.3 Å². The average Bonchev–Trinajstić information content (AvgIpc) is 3.12. The molecule has 0 bridgehead atoms. The third-order valence-corrected chi connectivity index (χ3v) is 4.92. The minimum absolute atomic E-state index is 0.0306. The summed E-state index contributed by atoms with van der Waals surface area (Å²) < 4.78 is 39.0. The fourth-order valence-electron chi connectivity index (χ4n) is 2.71. The molecule has 0 fully saturated rings. The molecular formula is C21H26F3N3O2S. The largest absolute Gasteiger partial charge is 0.416 e. The van der Waals surface area contributed by atoms with Crippen molar-refractivity contribution in [3.05, 3.63) is 51.5 Å². The summed E-state index contributed by atoms with van der Waals surface area (Å²) >= 11 is 1.24. The Morgan fingerprint density at radius 2 is 1.87 bits per heavy atom. The lowest BCUT2D eigenvalue weighted by atomic mass is 10.1. The molecule has 9 heteroatoms. The van der Waals surface area contributed by atoms with Crippen LogP contribution in [0.15, 0.2) is 29.6 Å². The van der Waals surface area contributed by atoms with E-state index in [1.807, 2.05) is 27.7 Å². The third kappa shape index (κ3) is 6.83. The van der Waals surface area contributed by atoms with E-state index < -0.39 is 17.6 Å². The minimum Gasteiger partial charge on any atom is -0.350 e. The predicted molar refractivity (Wildman–Crippen MR) is 110 cm³/mol. The lowest BCUT2D eigenvalue weighted by Gasteiger charge is -2.24. The van der Waals surface area contributed by atoms with Crippen molar-refractivity contribution < 1.29 is 22.8 Å². The predicted octanol–water partition coefficient (Wildman–Crippen LogP) is 4.85. The van der Waals surface area contributed by atoms with Crippen LogP contribution in [-0.4, -0.2) is 34.8 Å². The van der Waals surface area contributed by atoms with Gasteiger partial charge in [-0.25, -0.2) is 4.98 Å². The van der Waals surface area contributed by atoms with E-state index in [4.69, 9.17) is 0 Å². The van der Waals surface area contributed by atoms with E-state index in [-0.39, 0.29) is 29.6 Å². The lowest BCUT2D eigenvalue weighted by Crippen LogP contribution is -2.34. The van der Waals surface area contributed by atoms with Gasteiger partial charge in [0.2, 0.25) is 0 Å². The molecule has 1 aromatic heterocycles. The number of alkyl halides is 3. The number of hydrogen-bond acceptors (Lipinski definition) is 4. The maximum atomic E-state index is 13.0. The number of amides is 2. The van der Waals surface area contributed by atoms with Crippen molar-refractivity contribution in [2.24, 2.45) is 11.8 Å². The highest BCUT2D eigenvalue weighted by Gasteiger charge is 2.31. The summed E-state index contributed by atoms with van der Waals surface area (Å²) in [4.78, 5) is 30.9. The Kier molecular flexibility index (Phi) is 8.00. The summed E-state index contributed by atoms with van der Waals surface area (Å²) in [7, 11) is 0. The van der Waals surface area contributed by atoms with E-state index in [2.05, 4.69) is 10.3 Å². The maximum Gasteiger partial charge on any atom is 0.416 e. The Morgan fingerprint density at radius 1 is 1.17 bits per heavy atom. The molecule has 0 atom stereocenters. The van der Waals surface area contributed by atoms with E-state index >= 15 is 0 Å². The number of nitrogens with one attached hydrogen (secondary N) is 1. The zero-order chi connectivity index (χ0) is 22.5. The molecule has 30 heavy (non-hydrogen) atoms. The first-order valence-electron chi connectivity index (χ1n) is 9.66. The van der Waals surface area contributed by atoms with Crippen molar-refractivity contribution in [3.63, 3.8) is 0 Å². The molecule has 0 unspecified atom stereocenters. The highest BCUT2D eigenvalue weighted by atomic mass is 32.1. The molecule has 1 N–H and O–H groups in total. The van der Waals surface area contributed by atoms with Gasteiger partial charge in [0.1, 0.15) is 10.7 Å². The van der Waals surface area contributed by atoms with E-state index in [1.165, 1.54) is 28.4 Å². The Morgan fingerprint density at radius 3 is 2.47 bits per heavy atom. The Bertz CT molecular complexity index is 878. The molecule has 2 amide bonds. The number of nitrogens with zero attached hydrogens (tertiary/aromatic N) is 2. The molecule has 0 saturated carbocycles. The number of hydrogen-bond donors (Lipinski definition) is 1. The zero-order valence-corrected chi connectivity index (χ0v) is 18.2. The molecule has 164 valence electrons. The standard InChI is InChI=1S/C21H26F3N3O2S/c1-13(2)9-25-19(28)17-12-30-18(26-17)11-27(10-14(3)4)20(29)15-6-5-7-16(8-15)21(22,23)24/h5-8,12-14H,9-11H2,1-4H3,(H,25,28). The molecule has 0 radical (unpaired) electrons. The summed E-state index contributed by atoms with van der Waals surface area (Å²) in [5.41, 5.74) is -0.625. The van der Waals surface area contributed by atoms with Gasteiger partial charge in [-0.3, -0.25) is 9.59 Å². The van der Waals surface area contributed by atoms with Crippen LogP contribution in [0.2, 0.25) is 0 Å². The summed E-state index contributed by atoms with van der Waals surface area (Å²) in [5.74, 6) is -0.381. The Labute approximate surface area is 178 Å². The number of thiazole rings is 1. The Hall–Kier alpha value is -2.42. The normalized spacial score (nSPS) is 11.8. The summed E-state index contributed by atoms with van der Waals surface area (Å²) in [5, 5.41) is 4.95. The van der Waals surface area contributed by atoms with Crippen LogP contribution in [0.4, 0.5) is 13.2 Å². The first-order valence-corrected chi connectivity index (χ1v) is 10.5. The number of halogens is 3. The van der Waals surface area contributed by atoms with E-state index in [0.717, 1.165) is 12.1 Å². The molecule has 5 nitrogen and oxygen atoms in total. The van der Waals surface area contributed by atoms with Gasteiger partial charge in [0.05, 0.1) is 12.1 Å². The molecular weight excluding hydrogens is 415 g/mol. The van der Waals surface area contributed by atoms with Crippen LogP contribution in [0.1, 0.15) is 59.1 Å². The number of rotatable bonds is 8. The average molecular weight is 442 g/mol. The molecule has 0 saturated heterocycles.